The highest BCUT2D eigenvalue weighted by Gasteiger charge is 2.13. The van der Waals surface area contributed by atoms with Crippen molar-refractivity contribution in [1.29, 1.82) is 0 Å². The fraction of sp³-hybridized carbons (Fsp3) is 0.800. The number of hydrogen-bond acceptors (Lipinski definition) is 3. The zero-order valence-corrected chi connectivity index (χ0v) is 10.0. The molecule has 0 aromatic carbocycles. The van der Waals surface area contributed by atoms with Crippen LogP contribution in [0, 0.1) is 5.92 Å². The first-order valence-electron chi connectivity index (χ1n) is 5.19. The molecule has 0 bridgehead atoms. The van der Waals surface area contributed by atoms with Crippen LogP contribution >= 0.6 is 0 Å². The van der Waals surface area contributed by atoms with E-state index < -0.39 is 11.9 Å². The Bertz CT molecular complexity index is 233. The summed E-state index contributed by atoms with van der Waals surface area (Å²) in [4.78, 5) is 23.5. The summed E-state index contributed by atoms with van der Waals surface area (Å²) in [6.45, 7) is 2.88. The largest absolute Gasteiger partial charge is 0.481 e. The predicted octanol–water partition coefficient (Wildman–Crippen LogP) is 0.385. The Morgan fingerprint density at radius 2 is 2.12 bits per heavy atom. The quantitative estimate of drug-likeness (QED) is 0.622. The van der Waals surface area contributed by atoms with E-state index in [2.05, 4.69) is 5.32 Å². The summed E-state index contributed by atoms with van der Waals surface area (Å²) in [5, 5.41) is 11.2. The van der Waals surface area contributed by atoms with Crippen molar-refractivity contribution < 1.29 is 19.4 Å². The van der Waals surface area contributed by atoms with Gasteiger partial charge in [-0.3, -0.25) is 4.79 Å². The second-order valence-corrected chi connectivity index (χ2v) is 3.69. The van der Waals surface area contributed by atoms with Gasteiger partial charge in [0.15, 0.2) is 0 Å². The highest BCUT2D eigenvalue weighted by molar-refractivity contribution is 5.75. The van der Waals surface area contributed by atoms with Gasteiger partial charge in [0.25, 0.3) is 0 Å². The zero-order valence-electron chi connectivity index (χ0n) is 10.0. The SMILES string of the molecule is COCCCN(C)C(=O)NCC(C)C(=O)O. The third kappa shape index (κ3) is 6.23. The normalized spacial score (nSPS) is 11.9. The Hall–Kier alpha value is -1.30. The third-order valence-electron chi connectivity index (χ3n) is 2.17. The van der Waals surface area contributed by atoms with Gasteiger partial charge in [-0.1, -0.05) is 6.92 Å². The maximum absolute atomic E-state index is 11.4. The predicted molar refractivity (Wildman–Crippen MR) is 59.3 cm³/mol. The molecular weight excluding hydrogens is 212 g/mol. The van der Waals surface area contributed by atoms with Crippen molar-refractivity contribution >= 4 is 12.0 Å². The van der Waals surface area contributed by atoms with Crippen molar-refractivity contribution in [2.45, 2.75) is 13.3 Å². The molecule has 0 aromatic heterocycles. The minimum absolute atomic E-state index is 0.142. The van der Waals surface area contributed by atoms with Gasteiger partial charge in [-0.05, 0) is 6.42 Å². The van der Waals surface area contributed by atoms with Crippen LogP contribution in [0.1, 0.15) is 13.3 Å². The second kappa shape index (κ2) is 7.92. The topological polar surface area (TPSA) is 78.9 Å². The van der Waals surface area contributed by atoms with Gasteiger partial charge in [0.05, 0.1) is 5.92 Å². The average Bonchev–Trinajstić information content (AvgIpc) is 2.25. The lowest BCUT2D eigenvalue weighted by atomic mass is 10.2. The van der Waals surface area contributed by atoms with E-state index in [1.165, 1.54) is 4.90 Å². The smallest absolute Gasteiger partial charge is 0.317 e. The Kier molecular flexibility index (Phi) is 7.28. The number of rotatable bonds is 7. The molecule has 0 aliphatic carbocycles. The molecule has 2 N–H and O–H groups in total. The minimum atomic E-state index is -0.915. The summed E-state index contributed by atoms with van der Waals surface area (Å²) in [6.07, 6.45) is 0.759. The van der Waals surface area contributed by atoms with Gasteiger partial charge in [0.1, 0.15) is 0 Å². The van der Waals surface area contributed by atoms with Crippen LogP contribution in [0.5, 0.6) is 0 Å². The van der Waals surface area contributed by atoms with Gasteiger partial charge in [-0.15, -0.1) is 0 Å². The van der Waals surface area contributed by atoms with Crippen molar-refractivity contribution in [3.05, 3.63) is 0 Å². The molecule has 94 valence electrons. The highest BCUT2D eigenvalue weighted by Crippen LogP contribution is 1.94. The number of carbonyl (C=O) groups is 2. The molecule has 16 heavy (non-hydrogen) atoms. The molecule has 0 spiro atoms. The number of urea groups is 1. The van der Waals surface area contributed by atoms with Gasteiger partial charge in [-0.2, -0.15) is 0 Å². The summed E-state index contributed by atoms with van der Waals surface area (Å²) < 4.78 is 4.87. The molecule has 1 atom stereocenters. The Morgan fingerprint density at radius 1 is 1.50 bits per heavy atom. The van der Waals surface area contributed by atoms with Crippen molar-refractivity contribution in [3.8, 4) is 0 Å². The van der Waals surface area contributed by atoms with Crippen LogP contribution in [-0.4, -0.2) is 55.9 Å². The minimum Gasteiger partial charge on any atom is -0.481 e. The van der Waals surface area contributed by atoms with Crippen LogP contribution < -0.4 is 5.32 Å². The van der Waals surface area contributed by atoms with E-state index in [1.54, 1.807) is 21.1 Å². The first-order valence-corrected chi connectivity index (χ1v) is 5.19. The van der Waals surface area contributed by atoms with E-state index in [0.717, 1.165) is 6.42 Å². The molecule has 2 amide bonds. The second-order valence-electron chi connectivity index (χ2n) is 3.69. The van der Waals surface area contributed by atoms with E-state index >= 15 is 0 Å². The number of ether oxygens (including phenoxy) is 1. The molecule has 0 heterocycles. The lowest BCUT2D eigenvalue weighted by Crippen LogP contribution is -2.41. The maximum Gasteiger partial charge on any atom is 0.317 e. The van der Waals surface area contributed by atoms with Gasteiger partial charge in [0.2, 0.25) is 0 Å². The average molecular weight is 232 g/mol. The Labute approximate surface area is 95.6 Å². The molecule has 0 aliphatic rings. The van der Waals surface area contributed by atoms with Gasteiger partial charge < -0.3 is 20.1 Å². The van der Waals surface area contributed by atoms with Gasteiger partial charge in [-0.25, -0.2) is 4.79 Å². The fourth-order valence-electron chi connectivity index (χ4n) is 1.01. The molecule has 6 heteroatoms. The summed E-state index contributed by atoms with van der Waals surface area (Å²) in [7, 11) is 3.27. The molecule has 0 aliphatic heterocycles. The number of methoxy groups -OCH3 is 1. The molecule has 0 aromatic rings. The van der Waals surface area contributed by atoms with Crippen LogP contribution in [0.2, 0.25) is 0 Å². The first kappa shape index (κ1) is 14.7. The highest BCUT2D eigenvalue weighted by atomic mass is 16.5. The molecule has 0 fully saturated rings. The standard InChI is InChI=1S/C10H20N2O4/c1-8(9(13)14)7-11-10(15)12(2)5-4-6-16-3/h8H,4-7H2,1-3H3,(H,11,15)(H,13,14). The van der Waals surface area contributed by atoms with Crippen molar-refractivity contribution in [2.24, 2.45) is 5.92 Å². The number of hydrogen-bond donors (Lipinski definition) is 2. The Balaban J connectivity index is 3.74. The Morgan fingerprint density at radius 3 is 2.62 bits per heavy atom. The molecular formula is C10H20N2O4. The summed E-state index contributed by atoms with van der Waals surface area (Å²) in [5.74, 6) is -1.49. The molecule has 0 rings (SSSR count). The number of nitrogens with one attached hydrogen (secondary N) is 1. The van der Waals surface area contributed by atoms with Crippen LogP contribution in [0.4, 0.5) is 4.79 Å². The number of carboxylic acid groups (broad SMARTS) is 1. The van der Waals surface area contributed by atoms with E-state index in [9.17, 15) is 9.59 Å². The van der Waals surface area contributed by atoms with E-state index in [0.29, 0.717) is 13.2 Å². The fourth-order valence-corrected chi connectivity index (χ4v) is 1.01. The van der Waals surface area contributed by atoms with E-state index in [4.69, 9.17) is 9.84 Å². The number of amides is 2. The zero-order chi connectivity index (χ0) is 12.6. The molecule has 0 saturated carbocycles. The third-order valence-corrected chi connectivity index (χ3v) is 2.17. The van der Waals surface area contributed by atoms with Crippen molar-refractivity contribution in [2.75, 3.05) is 33.9 Å². The molecule has 1 unspecified atom stereocenters. The number of carbonyl (C=O) groups excluding carboxylic acids is 1. The summed E-state index contributed by atoms with van der Waals surface area (Å²) >= 11 is 0. The first-order chi connectivity index (χ1) is 7.49. The number of carboxylic acids is 1. The van der Waals surface area contributed by atoms with E-state index in [1.807, 2.05) is 0 Å². The van der Waals surface area contributed by atoms with Crippen molar-refractivity contribution in [1.82, 2.24) is 10.2 Å². The molecule has 0 saturated heterocycles. The van der Waals surface area contributed by atoms with Crippen LogP contribution in [0.15, 0.2) is 0 Å². The lowest BCUT2D eigenvalue weighted by molar-refractivity contribution is -0.140. The number of nitrogens with zero attached hydrogens (tertiary/aromatic N) is 1. The number of aliphatic carboxylic acids is 1. The molecule has 0 radical (unpaired) electrons. The summed E-state index contributed by atoms with van der Waals surface area (Å²) in [5.41, 5.74) is 0. The van der Waals surface area contributed by atoms with Crippen molar-refractivity contribution in [3.63, 3.8) is 0 Å². The molecule has 6 nitrogen and oxygen atoms in total. The van der Waals surface area contributed by atoms with Crippen LogP contribution in [-0.2, 0) is 9.53 Å². The van der Waals surface area contributed by atoms with Crippen LogP contribution in [0.25, 0.3) is 0 Å². The van der Waals surface area contributed by atoms with E-state index in [-0.39, 0.29) is 12.6 Å². The maximum atomic E-state index is 11.4. The van der Waals surface area contributed by atoms with Gasteiger partial charge in [0, 0.05) is 33.9 Å². The van der Waals surface area contributed by atoms with Gasteiger partial charge >= 0.3 is 12.0 Å². The summed E-state index contributed by atoms with van der Waals surface area (Å²) in [6, 6.07) is -0.260. The lowest BCUT2D eigenvalue weighted by Gasteiger charge is -2.18. The monoisotopic (exact) mass is 232 g/mol. The van der Waals surface area contributed by atoms with Crippen LogP contribution in [0.3, 0.4) is 0 Å².